The quantitative estimate of drug-likeness (QED) is 0.538. The number of methoxy groups -OCH3 is 1. The van der Waals surface area contributed by atoms with Crippen molar-refractivity contribution in [2.24, 2.45) is 0 Å². The summed E-state index contributed by atoms with van der Waals surface area (Å²) in [6.07, 6.45) is 0. The van der Waals surface area contributed by atoms with Crippen LogP contribution in [0.3, 0.4) is 0 Å². The summed E-state index contributed by atoms with van der Waals surface area (Å²) in [6, 6.07) is 18.9. The lowest BCUT2D eigenvalue weighted by Gasteiger charge is -2.25. The molecule has 0 radical (unpaired) electrons. The molecule has 0 heterocycles. The first-order valence-electron chi connectivity index (χ1n) is 9.08. The highest BCUT2D eigenvalue weighted by Crippen LogP contribution is 2.29. The number of rotatable bonds is 8. The van der Waals surface area contributed by atoms with Gasteiger partial charge in [-0.3, -0.25) is 4.31 Å². The highest BCUT2D eigenvalue weighted by atomic mass is 32.2. The molecular formula is C22H22FNO4S. The van der Waals surface area contributed by atoms with Gasteiger partial charge in [0.2, 0.25) is 0 Å². The molecular weight excluding hydrogens is 393 g/mol. The van der Waals surface area contributed by atoms with E-state index in [0.717, 1.165) is 0 Å². The van der Waals surface area contributed by atoms with Gasteiger partial charge in [0.25, 0.3) is 10.0 Å². The van der Waals surface area contributed by atoms with Crippen LogP contribution in [0.2, 0.25) is 0 Å². The van der Waals surface area contributed by atoms with Crippen molar-refractivity contribution < 1.29 is 22.3 Å². The fraction of sp³-hybridized carbons (Fsp3) is 0.182. The Labute approximate surface area is 170 Å². The Hall–Kier alpha value is -3.06. The molecule has 0 amide bonds. The highest BCUT2D eigenvalue weighted by Gasteiger charge is 2.26. The second kappa shape index (κ2) is 8.96. The molecule has 5 nitrogen and oxygen atoms in total. The molecule has 152 valence electrons. The average molecular weight is 415 g/mol. The van der Waals surface area contributed by atoms with Gasteiger partial charge < -0.3 is 9.47 Å². The Morgan fingerprint density at radius 3 is 2.10 bits per heavy atom. The van der Waals surface area contributed by atoms with Crippen molar-refractivity contribution in [3.63, 3.8) is 0 Å². The predicted molar refractivity (Wildman–Crippen MR) is 110 cm³/mol. The van der Waals surface area contributed by atoms with Gasteiger partial charge in [0, 0.05) is 5.56 Å². The van der Waals surface area contributed by atoms with Crippen LogP contribution in [-0.4, -0.2) is 22.1 Å². The molecule has 3 rings (SSSR count). The standard InChI is InChI=1S/C22H22FNO4S/c1-3-28-20-10-8-18(9-11-20)24(16-17-6-4-5-7-22(17)23)29(25,26)21-14-12-19(27-2)13-15-21/h4-15H,3,16H2,1-2H3. The van der Waals surface area contributed by atoms with Crippen LogP contribution in [0.4, 0.5) is 10.1 Å². The number of nitrogens with zero attached hydrogens (tertiary/aromatic N) is 1. The van der Waals surface area contributed by atoms with E-state index < -0.39 is 15.8 Å². The molecule has 0 spiro atoms. The maximum Gasteiger partial charge on any atom is 0.264 e. The molecule has 0 saturated heterocycles. The van der Waals surface area contributed by atoms with Crippen molar-refractivity contribution in [2.75, 3.05) is 18.0 Å². The monoisotopic (exact) mass is 415 g/mol. The average Bonchev–Trinajstić information content (AvgIpc) is 2.74. The number of hydrogen-bond donors (Lipinski definition) is 0. The topological polar surface area (TPSA) is 55.8 Å². The number of ether oxygens (including phenoxy) is 2. The van der Waals surface area contributed by atoms with Gasteiger partial charge in [0.05, 0.1) is 30.8 Å². The zero-order valence-corrected chi connectivity index (χ0v) is 17.0. The molecule has 0 atom stereocenters. The van der Waals surface area contributed by atoms with Gasteiger partial charge in [-0.25, -0.2) is 12.8 Å². The van der Waals surface area contributed by atoms with E-state index in [2.05, 4.69) is 0 Å². The lowest BCUT2D eigenvalue weighted by molar-refractivity contribution is 0.340. The van der Waals surface area contributed by atoms with E-state index in [-0.39, 0.29) is 17.0 Å². The molecule has 0 aliphatic rings. The first-order valence-corrected chi connectivity index (χ1v) is 10.5. The molecule has 0 aliphatic carbocycles. The maximum atomic E-state index is 14.3. The second-order valence-corrected chi connectivity index (χ2v) is 8.07. The lowest BCUT2D eigenvalue weighted by Crippen LogP contribution is -2.31. The zero-order valence-electron chi connectivity index (χ0n) is 16.2. The Balaban J connectivity index is 2.04. The van der Waals surface area contributed by atoms with E-state index in [1.165, 1.54) is 29.6 Å². The van der Waals surface area contributed by atoms with Crippen LogP contribution >= 0.6 is 0 Å². The first-order chi connectivity index (χ1) is 14.0. The van der Waals surface area contributed by atoms with Crippen molar-refractivity contribution in [1.82, 2.24) is 0 Å². The third-order valence-electron chi connectivity index (χ3n) is 4.35. The minimum absolute atomic E-state index is 0.0866. The fourth-order valence-corrected chi connectivity index (χ4v) is 4.29. The summed E-state index contributed by atoms with van der Waals surface area (Å²) in [7, 11) is -2.44. The summed E-state index contributed by atoms with van der Waals surface area (Å²) < 4.78 is 52.8. The molecule has 0 bridgehead atoms. The Morgan fingerprint density at radius 2 is 1.52 bits per heavy atom. The third kappa shape index (κ3) is 4.68. The van der Waals surface area contributed by atoms with Crippen LogP contribution in [0, 0.1) is 5.82 Å². The summed E-state index contributed by atoms with van der Waals surface area (Å²) in [5.41, 5.74) is 0.686. The Bertz CT molecular complexity index is 1050. The SMILES string of the molecule is CCOc1ccc(N(Cc2ccccc2F)S(=O)(=O)c2ccc(OC)cc2)cc1. The van der Waals surface area contributed by atoms with E-state index in [0.29, 0.717) is 23.8 Å². The highest BCUT2D eigenvalue weighted by molar-refractivity contribution is 7.92. The molecule has 3 aromatic rings. The Morgan fingerprint density at radius 1 is 0.897 bits per heavy atom. The van der Waals surface area contributed by atoms with Gasteiger partial charge in [0.1, 0.15) is 17.3 Å². The van der Waals surface area contributed by atoms with Gasteiger partial charge in [-0.05, 0) is 61.5 Å². The van der Waals surface area contributed by atoms with Crippen LogP contribution in [0.1, 0.15) is 12.5 Å². The number of hydrogen-bond acceptors (Lipinski definition) is 4. The van der Waals surface area contributed by atoms with Crippen LogP contribution in [0.5, 0.6) is 11.5 Å². The third-order valence-corrected chi connectivity index (χ3v) is 6.14. The molecule has 0 aliphatic heterocycles. The van der Waals surface area contributed by atoms with Gasteiger partial charge in [-0.15, -0.1) is 0 Å². The van der Waals surface area contributed by atoms with Crippen molar-refractivity contribution in [2.45, 2.75) is 18.4 Å². The van der Waals surface area contributed by atoms with Crippen LogP contribution in [0.15, 0.2) is 77.7 Å². The molecule has 3 aromatic carbocycles. The molecule has 0 N–H and O–H groups in total. The van der Waals surface area contributed by atoms with Gasteiger partial charge in [0.15, 0.2) is 0 Å². The predicted octanol–water partition coefficient (Wildman–Crippen LogP) is 4.63. The van der Waals surface area contributed by atoms with Crippen molar-refractivity contribution in [1.29, 1.82) is 0 Å². The van der Waals surface area contributed by atoms with Crippen molar-refractivity contribution in [3.05, 3.63) is 84.2 Å². The van der Waals surface area contributed by atoms with Crippen LogP contribution in [0.25, 0.3) is 0 Å². The minimum atomic E-state index is -3.95. The van der Waals surface area contributed by atoms with E-state index in [1.54, 1.807) is 54.6 Å². The summed E-state index contributed by atoms with van der Waals surface area (Å²) in [5, 5.41) is 0. The smallest absolute Gasteiger partial charge is 0.264 e. The minimum Gasteiger partial charge on any atom is -0.497 e. The zero-order chi connectivity index (χ0) is 20.9. The van der Waals surface area contributed by atoms with Crippen LogP contribution < -0.4 is 13.8 Å². The van der Waals surface area contributed by atoms with Crippen molar-refractivity contribution >= 4 is 15.7 Å². The molecule has 0 fully saturated rings. The van der Waals surface area contributed by atoms with Gasteiger partial charge >= 0.3 is 0 Å². The summed E-state index contributed by atoms with van der Waals surface area (Å²) in [5.74, 6) is 0.711. The molecule has 0 saturated carbocycles. The van der Waals surface area contributed by atoms with E-state index in [9.17, 15) is 12.8 Å². The molecule has 0 unspecified atom stereocenters. The molecule has 0 aromatic heterocycles. The van der Waals surface area contributed by atoms with Crippen molar-refractivity contribution in [3.8, 4) is 11.5 Å². The summed E-state index contributed by atoms with van der Waals surface area (Å²) in [4.78, 5) is 0.0866. The normalized spacial score (nSPS) is 11.1. The molecule has 7 heteroatoms. The Kier molecular flexibility index (Phi) is 6.39. The van der Waals surface area contributed by atoms with Gasteiger partial charge in [-0.2, -0.15) is 0 Å². The molecule has 29 heavy (non-hydrogen) atoms. The van der Waals surface area contributed by atoms with Gasteiger partial charge in [-0.1, -0.05) is 18.2 Å². The van der Waals surface area contributed by atoms with E-state index in [4.69, 9.17) is 9.47 Å². The summed E-state index contributed by atoms with van der Waals surface area (Å²) in [6.45, 7) is 2.23. The number of benzene rings is 3. The van der Waals surface area contributed by atoms with Crippen LogP contribution in [-0.2, 0) is 16.6 Å². The summed E-state index contributed by atoms with van der Waals surface area (Å²) >= 11 is 0. The largest absolute Gasteiger partial charge is 0.497 e. The lowest BCUT2D eigenvalue weighted by atomic mass is 10.2. The number of halogens is 1. The number of sulfonamides is 1. The number of anilines is 1. The van der Waals surface area contributed by atoms with E-state index >= 15 is 0 Å². The first kappa shape index (κ1) is 20.7. The second-order valence-electron chi connectivity index (χ2n) is 6.21. The maximum absolute atomic E-state index is 14.3. The van der Waals surface area contributed by atoms with E-state index in [1.807, 2.05) is 6.92 Å². The fourth-order valence-electron chi connectivity index (χ4n) is 2.85.